The van der Waals surface area contributed by atoms with Gasteiger partial charge in [0.15, 0.2) is 0 Å². The van der Waals surface area contributed by atoms with Crippen molar-refractivity contribution < 1.29 is 9.90 Å². The van der Waals surface area contributed by atoms with E-state index in [1.165, 1.54) is 12.1 Å². The van der Waals surface area contributed by atoms with Crippen molar-refractivity contribution in [2.75, 3.05) is 13.2 Å². The summed E-state index contributed by atoms with van der Waals surface area (Å²) in [5.74, 6) is -0.433. The first-order valence-electron chi connectivity index (χ1n) is 6.70. The van der Waals surface area contributed by atoms with E-state index in [4.69, 9.17) is 23.2 Å². The molecule has 0 saturated heterocycles. The normalized spacial score (nSPS) is 12.0. The molecule has 2 aromatic heterocycles. The van der Waals surface area contributed by atoms with Crippen molar-refractivity contribution >= 4 is 29.1 Å². The number of nitrogens with zero attached hydrogens (tertiary/aromatic N) is 2. The average Bonchev–Trinajstić information content (AvgIpc) is 2.51. The van der Waals surface area contributed by atoms with Crippen LogP contribution in [0.5, 0.6) is 0 Å². The van der Waals surface area contributed by atoms with Gasteiger partial charge in [-0.1, -0.05) is 29.3 Å². The Morgan fingerprint density at radius 2 is 2.00 bits per heavy atom. The maximum absolute atomic E-state index is 12.1. The summed E-state index contributed by atoms with van der Waals surface area (Å²) in [6, 6.07) is 8.48. The maximum atomic E-state index is 12.1. The molecule has 0 aliphatic carbocycles. The molecule has 7 heteroatoms. The largest absolute Gasteiger partial charge is 0.396 e. The van der Waals surface area contributed by atoms with Gasteiger partial charge in [0.2, 0.25) is 0 Å². The third-order valence-corrected chi connectivity index (χ3v) is 3.45. The molecular formula is C15H15Cl2N3O2. The minimum atomic E-state index is -0.314. The quantitative estimate of drug-likeness (QED) is 0.792. The summed E-state index contributed by atoms with van der Waals surface area (Å²) >= 11 is 11.5. The van der Waals surface area contributed by atoms with Gasteiger partial charge in [-0.2, -0.15) is 0 Å². The predicted molar refractivity (Wildman–Crippen MR) is 85.1 cm³/mol. The molecule has 0 spiro atoms. The van der Waals surface area contributed by atoms with E-state index in [-0.39, 0.29) is 28.7 Å². The molecule has 0 fully saturated rings. The lowest BCUT2D eigenvalue weighted by atomic mass is 10.0. The standard InChI is InChI=1S/C15H15Cl2N3O2/c16-13-6-11(7-14(17)20-13)15(22)19-8-10(9-21)5-12-3-1-2-4-18-12/h1-4,6-7,10,21H,5,8-9H2,(H,19,22). The van der Waals surface area contributed by atoms with Crippen molar-refractivity contribution in [2.45, 2.75) is 6.42 Å². The van der Waals surface area contributed by atoms with E-state index in [0.29, 0.717) is 18.5 Å². The van der Waals surface area contributed by atoms with Gasteiger partial charge in [-0.15, -0.1) is 0 Å². The molecule has 2 N–H and O–H groups in total. The number of nitrogens with one attached hydrogen (secondary N) is 1. The zero-order valence-electron chi connectivity index (χ0n) is 11.7. The Morgan fingerprint density at radius 3 is 2.59 bits per heavy atom. The average molecular weight is 340 g/mol. The summed E-state index contributed by atoms with van der Waals surface area (Å²) in [4.78, 5) is 20.1. The van der Waals surface area contributed by atoms with Crippen LogP contribution < -0.4 is 5.32 Å². The van der Waals surface area contributed by atoms with Crippen LogP contribution in [0.15, 0.2) is 36.5 Å². The van der Waals surface area contributed by atoms with Crippen molar-refractivity contribution in [3.8, 4) is 0 Å². The van der Waals surface area contributed by atoms with Crippen LogP contribution in [-0.4, -0.2) is 34.1 Å². The Kier molecular flexibility index (Phi) is 6.12. The van der Waals surface area contributed by atoms with Crippen molar-refractivity contribution in [3.63, 3.8) is 0 Å². The third kappa shape index (κ3) is 4.94. The van der Waals surface area contributed by atoms with Crippen LogP contribution in [0.2, 0.25) is 10.3 Å². The Morgan fingerprint density at radius 1 is 1.27 bits per heavy atom. The van der Waals surface area contributed by atoms with Gasteiger partial charge in [0.05, 0.1) is 0 Å². The number of aliphatic hydroxyl groups is 1. The molecule has 0 aromatic carbocycles. The van der Waals surface area contributed by atoms with Crippen molar-refractivity contribution in [1.29, 1.82) is 0 Å². The van der Waals surface area contributed by atoms with E-state index in [0.717, 1.165) is 5.69 Å². The van der Waals surface area contributed by atoms with Crippen LogP contribution in [0, 0.1) is 5.92 Å². The number of amides is 1. The zero-order valence-corrected chi connectivity index (χ0v) is 13.2. The van der Waals surface area contributed by atoms with Gasteiger partial charge in [0.1, 0.15) is 10.3 Å². The molecule has 2 aromatic rings. The van der Waals surface area contributed by atoms with Crippen LogP contribution in [0.25, 0.3) is 0 Å². The topological polar surface area (TPSA) is 75.1 Å². The molecule has 0 saturated carbocycles. The molecule has 2 rings (SSSR count). The van der Waals surface area contributed by atoms with Crippen LogP contribution >= 0.6 is 23.2 Å². The van der Waals surface area contributed by atoms with Crippen LogP contribution in [0.4, 0.5) is 0 Å². The second-order valence-electron chi connectivity index (χ2n) is 4.79. The number of carbonyl (C=O) groups is 1. The summed E-state index contributed by atoms with van der Waals surface area (Å²) in [7, 11) is 0. The monoisotopic (exact) mass is 339 g/mol. The van der Waals surface area contributed by atoms with Crippen molar-refractivity contribution in [1.82, 2.24) is 15.3 Å². The summed E-state index contributed by atoms with van der Waals surface area (Å²) in [5.41, 5.74) is 1.20. The van der Waals surface area contributed by atoms with Crippen LogP contribution in [0.1, 0.15) is 16.1 Å². The first-order chi connectivity index (χ1) is 10.6. The van der Waals surface area contributed by atoms with Crippen LogP contribution in [-0.2, 0) is 6.42 Å². The number of hydrogen-bond donors (Lipinski definition) is 2. The van der Waals surface area contributed by atoms with Gasteiger partial charge < -0.3 is 10.4 Å². The molecule has 1 amide bonds. The molecule has 2 heterocycles. The molecule has 0 bridgehead atoms. The fourth-order valence-corrected chi connectivity index (χ4v) is 2.41. The molecule has 5 nitrogen and oxygen atoms in total. The Balaban J connectivity index is 1.93. The minimum absolute atomic E-state index is 0.0469. The highest BCUT2D eigenvalue weighted by Gasteiger charge is 2.13. The summed E-state index contributed by atoms with van der Waals surface area (Å²) < 4.78 is 0. The minimum Gasteiger partial charge on any atom is -0.396 e. The smallest absolute Gasteiger partial charge is 0.251 e. The Bertz CT molecular complexity index is 618. The number of carbonyl (C=O) groups excluding carboxylic acids is 1. The number of halogens is 2. The molecule has 116 valence electrons. The van der Waals surface area contributed by atoms with E-state index in [1.807, 2.05) is 18.2 Å². The maximum Gasteiger partial charge on any atom is 0.251 e. The van der Waals surface area contributed by atoms with Gasteiger partial charge in [-0.3, -0.25) is 9.78 Å². The number of aliphatic hydroxyl groups excluding tert-OH is 1. The number of hydrogen-bond acceptors (Lipinski definition) is 4. The van der Waals surface area contributed by atoms with E-state index < -0.39 is 0 Å². The van der Waals surface area contributed by atoms with Crippen molar-refractivity contribution in [2.24, 2.45) is 5.92 Å². The molecule has 0 aliphatic rings. The highest BCUT2D eigenvalue weighted by atomic mass is 35.5. The highest BCUT2D eigenvalue weighted by molar-refractivity contribution is 6.33. The highest BCUT2D eigenvalue weighted by Crippen LogP contribution is 2.14. The van der Waals surface area contributed by atoms with Gasteiger partial charge in [-0.25, -0.2) is 4.98 Å². The predicted octanol–water partition coefficient (Wildman–Crippen LogP) is 2.36. The van der Waals surface area contributed by atoms with E-state index in [9.17, 15) is 9.90 Å². The lowest BCUT2D eigenvalue weighted by molar-refractivity contribution is 0.0939. The van der Waals surface area contributed by atoms with Crippen molar-refractivity contribution in [3.05, 3.63) is 58.1 Å². The molecular weight excluding hydrogens is 325 g/mol. The summed E-state index contributed by atoms with van der Waals surface area (Å²) in [6.45, 7) is 0.276. The molecule has 1 unspecified atom stereocenters. The van der Waals surface area contributed by atoms with Crippen LogP contribution in [0.3, 0.4) is 0 Å². The first-order valence-corrected chi connectivity index (χ1v) is 7.46. The second-order valence-corrected chi connectivity index (χ2v) is 5.56. The van der Waals surface area contributed by atoms with E-state index in [2.05, 4.69) is 15.3 Å². The zero-order chi connectivity index (χ0) is 15.9. The number of pyridine rings is 2. The fourth-order valence-electron chi connectivity index (χ4n) is 1.95. The molecule has 0 radical (unpaired) electrons. The lowest BCUT2D eigenvalue weighted by Gasteiger charge is -2.14. The van der Waals surface area contributed by atoms with Gasteiger partial charge in [-0.05, 0) is 30.7 Å². The second kappa shape index (κ2) is 8.08. The molecule has 1 atom stereocenters. The summed E-state index contributed by atoms with van der Waals surface area (Å²) in [5, 5.41) is 12.5. The fraction of sp³-hybridized carbons (Fsp3) is 0.267. The Labute approximate surface area is 138 Å². The number of aromatic nitrogens is 2. The first kappa shape index (κ1) is 16.7. The van der Waals surface area contributed by atoms with Gasteiger partial charge in [0, 0.05) is 36.5 Å². The van der Waals surface area contributed by atoms with E-state index in [1.54, 1.807) is 6.20 Å². The SMILES string of the molecule is O=C(NCC(CO)Cc1ccccn1)c1cc(Cl)nc(Cl)c1. The summed E-state index contributed by atoms with van der Waals surface area (Å²) in [6.07, 6.45) is 2.28. The Hall–Kier alpha value is -1.69. The number of rotatable bonds is 6. The van der Waals surface area contributed by atoms with Gasteiger partial charge >= 0.3 is 0 Å². The lowest BCUT2D eigenvalue weighted by Crippen LogP contribution is -2.32. The molecule has 0 aliphatic heterocycles. The van der Waals surface area contributed by atoms with Gasteiger partial charge in [0.25, 0.3) is 5.91 Å². The molecule has 22 heavy (non-hydrogen) atoms. The van der Waals surface area contributed by atoms with E-state index >= 15 is 0 Å². The third-order valence-electron chi connectivity index (χ3n) is 3.06.